The largest absolute Gasteiger partial charge is 0.448 e. The fourth-order valence-electron chi connectivity index (χ4n) is 2.68. The van der Waals surface area contributed by atoms with Crippen molar-refractivity contribution in [3.05, 3.63) is 72.5 Å². The molecule has 2 aromatic heterocycles. The summed E-state index contributed by atoms with van der Waals surface area (Å²) in [5, 5.41) is 3.33. The zero-order valence-electron chi connectivity index (χ0n) is 15.2. The summed E-state index contributed by atoms with van der Waals surface area (Å²) in [6.45, 7) is 0.191. The van der Waals surface area contributed by atoms with Gasteiger partial charge in [0.25, 0.3) is 5.91 Å². The molecule has 2 aromatic carbocycles. The number of carbonyl (C=O) groups excluding carboxylic acids is 1. The Kier molecular flexibility index (Phi) is 5.43. The first kappa shape index (κ1) is 19.3. The van der Waals surface area contributed by atoms with E-state index >= 15 is 0 Å². The lowest BCUT2D eigenvalue weighted by atomic mass is 10.3. The molecule has 9 heteroatoms. The number of furan rings is 1. The fourth-order valence-corrected chi connectivity index (χ4v) is 4.66. The summed E-state index contributed by atoms with van der Waals surface area (Å²) >= 11 is 1.48. The van der Waals surface area contributed by atoms with Gasteiger partial charge >= 0.3 is 0 Å². The number of rotatable bonds is 7. The summed E-state index contributed by atoms with van der Waals surface area (Å²) < 4.78 is 33.4. The van der Waals surface area contributed by atoms with Gasteiger partial charge in [-0.15, -0.1) is 11.3 Å². The second kappa shape index (κ2) is 8.16. The maximum absolute atomic E-state index is 12.3. The number of amides is 1. The molecule has 0 spiro atoms. The lowest BCUT2D eigenvalue weighted by Crippen LogP contribution is -2.34. The van der Waals surface area contributed by atoms with Crippen molar-refractivity contribution in [2.45, 2.75) is 4.90 Å². The van der Waals surface area contributed by atoms with Crippen molar-refractivity contribution in [1.82, 2.24) is 15.0 Å². The maximum atomic E-state index is 12.3. The Morgan fingerprint density at radius 3 is 2.52 bits per heavy atom. The number of hydrogen-bond donors (Lipinski definition) is 2. The molecule has 0 aliphatic heterocycles. The van der Waals surface area contributed by atoms with Crippen molar-refractivity contribution in [3.63, 3.8) is 0 Å². The van der Waals surface area contributed by atoms with Gasteiger partial charge < -0.3 is 9.73 Å². The van der Waals surface area contributed by atoms with E-state index in [0.29, 0.717) is 10.8 Å². The highest BCUT2D eigenvalue weighted by Crippen LogP contribution is 2.31. The summed E-state index contributed by atoms with van der Waals surface area (Å²) in [6.07, 6.45) is 0. The van der Waals surface area contributed by atoms with Crippen LogP contribution in [0.15, 0.2) is 76.0 Å². The maximum Gasteiger partial charge on any atom is 0.287 e. The Morgan fingerprint density at radius 1 is 0.966 bits per heavy atom. The Hall–Kier alpha value is -3.01. The third kappa shape index (κ3) is 4.37. The monoisotopic (exact) mass is 427 g/mol. The molecule has 0 radical (unpaired) electrons. The SMILES string of the molecule is O=C(NCCNS(=O)(=O)c1ccccc1)c1ccc(-c2nc3ccccc3s2)o1. The van der Waals surface area contributed by atoms with Gasteiger partial charge in [-0.05, 0) is 36.4 Å². The molecule has 2 N–H and O–H groups in total. The van der Waals surface area contributed by atoms with Crippen molar-refractivity contribution in [2.24, 2.45) is 0 Å². The molecule has 2 heterocycles. The fraction of sp³-hybridized carbons (Fsp3) is 0.100. The minimum absolute atomic E-state index is 0.0639. The Morgan fingerprint density at radius 2 is 1.72 bits per heavy atom. The molecule has 0 saturated heterocycles. The highest BCUT2D eigenvalue weighted by atomic mass is 32.2. The number of nitrogens with zero attached hydrogens (tertiary/aromatic N) is 1. The summed E-state index contributed by atoms with van der Waals surface area (Å²) in [4.78, 5) is 16.9. The zero-order chi connectivity index (χ0) is 20.3. The molecule has 0 bridgehead atoms. The van der Waals surface area contributed by atoms with Crippen molar-refractivity contribution in [1.29, 1.82) is 0 Å². The smallest absolute Gasteiger partial charge is 0.287 e. The molecule has 0 unspecified atom stereocenters. The molecular weight excluding hydrogens is 410 g/mol. The number of benzene rings is 2. The van der Waals surface area contributed by atoms with Crippen molar-refractivity contribution in [3.8, 4) is 10.8 Å². The van der Waals surface area contributed by atoms with Crippen LogP contribution in [-0.2, 0) is 10.0 Å². The van der Waals surface area contributed by atoms with Crippen LogP contribution in [0.25, 0.3) is 21.0 Å². The normalized spacial score (nSPS) is 11.6. The van der Waals surface area contributed by atoms with Crippen LogP contribution in [0, 0.1) is 0 Å². The van der Waals surface area contributed by atoms with E-state index in [0.717, 1.165) is 10.2 Å². The average Bonchev–Trinajstić information content (AvgIpc) is 3.38. The second-order valence-corrected chi connectivity index (χ2v) is 8.91. The van der Waals surface area contributed by atoms with Gasteiger partial charge in [-0.2, -0.15) is 0 Å². The van der Waals surface area contributed by atoms with E-state index in [9.17, 15) is 13.2 Å². The van der Waals surface area contributed by atoms with Crippen LogP contribution in [-0.4, -0.2) is 32.4 Å². The van der Waals surface area contributed by atoms with E-state index in [1.165, 1.54) is 23.5 Å². The first-order chi connectivity index (χ1) is 14.0. The molecular formula is C20H17N3O4S2. The molecule has 4 rings (SSSR count). The lowest BCUT2D eigenvalue weighted by molar-refractivity contribution is 0.0927. The lowest BCUT2D eigenvalue weighted by Gasteiger charge is -2.07. The topological polar surface area (TPSA) is 101 Å². The van der Waals surface area contributed by atoms with Gasteiger partial charge in [0, 0.05) is 13.1 Å². The number of hydrogen-bond acceptors (Lipinski definition) is 6. The predicted molar refractivity (Wildman–Crippen MR) is 111 cm³/mol. The number of para-hydroxylation sites is 1. The zero-order valence-corrected chi connectivity index (χ0v) is 16.8. The van der Waals surface area contributed by atoms with Crippen LogP contribution in [0.4, 0.5) is 0 Å². The Balaban J connectivity index is 1.34. The van der Waals surface area contributed by atoms with Crippen LogP contribution in [0.1, 0.15) is 10.6 Å². The summed E-state index contributed by atoms with van der Waals surface area (Å²) in [5.74, 6) is 0.238. The van der Waals surface area contributed by atoms with Crippen molar-refractivity contribution < 1.29 is 17.6 Å². The van der Waals surface area contributed by atoms with Gasteiger partial charge in [-0.25, -0.2) is 18.1 Å². The number of nitrogens with one attached hydrogen (secondary N) is 2. The number of thiazole rings is 1. The van der Waals surface area contributed by atoms with E-state index in [1.807, 2.05) is 24.3 Å². The summed E-state index contributed by atoms with van der Waals surface area (Å²) in [6, 6.07) is 19.1. The van der Waals surface area contributed by atoms with Gasteiger partial charge in [0.1, 0.15) is 0 Å². The number of fused-ring (bicyclic) bond motifs is 1. The van der Waals surface area contributed by atoms with Crippen LogP contribution in [0.3, 0.4) is 0 Å². The molecule has 0 aliphatic rings. The molecule has 148 valence electrons. The Labute approximate surface area is 171 Å². The van der Waals surface area contributed by atoms with E-state index in [4.69, 9.17) is 4.42 Å². The van der Waals surface area contributed by atoms with Crippen LogP contribution < -0.4 is 10.0 Å². The third-order valence-electron chi connectivity index (χ3n) is 4.09. The molecule has 7 nitrogen and oxygen atoms in total. The minimum Gasteiger partial charge on any atom is -0.448 e. The van der Waals surface area contributed by atoms with Gasteiger partial charge in [0.05, 0.1) is 15.1 Å². The van der Waals surface area contributed by atoms with E-state index in [-0.39, 0.29) is 23.7 Å². The van der Waals surface area contributed by atoms with Crippen molar-refractivity contribution >= 4 is 37.5 Å². The van der Waals surface area contributed by atoms with Crippen LogP contribution in [0.5, 0.6) is 0 Å². The van der Waals surface area contributed by atoms with Gasteiger partial charge in [0.15, 0.2) is 16.5 Å². The summed E-state index contributed by atoms with van der Waals surface area (Å²) in [7, 11) is -3.60. The first-order valence-electron chi connectivity index (χ1n) is 8.82. The predicted octanol–water partition coefficient (Wildman–Crippen LogP) is 3.26. The van der Waals surface area contributed by atoms with E-state index < -0.39 is 15.9 Å². The number of carbonyl (C=O) groups is 1. The van der Waals surface area contributed by atoms with Crippen LogP contribution >= 0.6 is 11.3 Å². The quantitative estimate of drug-likeness (QED) is 0.441. The molecule has 1 amide bonds. The van der Waals surface area contributed by atoms with E-state index in [1.54, 1.807) is 30.3 Å². The molecule has 0 aliphatic carbocycles. The van der Waals surface area contributed by atoms with Crippen LogP contribution in [0.2, 0.25) is 0 Å². The molecule has 29 heavy (non-hydrogen) atoms. The van der Waals surface area contributed by atoms with Gasteiger partial charge in [-0.3, -0.25) is 4.79 Å². The van der Waals surface area contributed by atoms with Gasteiger partial charge in [-0.1, -0.05) is 30.3 Å². The highest BCUT2D eigenvalue weighted by molar-refractivity contribution is 7.89. The van der Waals surface area contributed by atoms with Crippen molar-refractivity contribution in [2.75, 3.05) is 13.1 Å². The third-order valence-corrected chi connectivity index (χ3v) is 6.62. The molecule has 0 fully saturated rings. The minimum atomic E-state index is -3.60. The highest BCUT2D eigenvalue weighted by Gasteiger charge is 2.16. The molecule has 4 aromatic rings. The number of aromatic nitrogens is 1. The average molecular weight is 428 g/mol. The standard InChI is InChI=1S/C20H17N3O4S2/c24-19(21-12-13-22-29(25,26)14-6-2-1-3-7-14)16-10-11-17(27-16)20-23-15-8-4-5-9-18(15)28-20/h1-11,22H,12-13H2,(H,21,24). The summed E-state index contributed by atoms with van der Waals surface area (Å²) in [5.41, 5.74) is 0.876. The Bertz CT molecular complexity index is 1210. The molecule has 0 saturated carbocycles. The first-order valence-corrected chi connectivity index (χ1v) is 11.1. The second-order valence-electron chi connectivity index (χ2n) is 6.12. The van der Waals surface area contributed by atoms with E-state index in [2.05, 4.69) is 15.0 Å². The van der Waals surface area contributed by atoms with Gasteiger partial charge in [0.2, 0.25) is 10.0 Å². The number of sulfonamides is 1. The molecule has 0 atom stereocenters.